The van der Waals surface area contributed by atoms with Gasteiger partial charge in [0.05, 0.1) is 12.6 Å². The molecule has 2 aliphatic rings. The van der Waals surface area contributed by atoms with Gasteiger partial charge in [-0.1, -0.05) is 6.42 Å². The fraction of sp³-hybridized carbons (Fsp3) is 0.600. The highest BCUT2D eigenvalue weighted by Crippen LogP contribution is 2.40. The molecule has 0 amide bonds. The monoisotopic (exact) mass is 265 g/mol. The first-order valence-electron chi connectivity index (χ1n) is 7.01. The van der Waals surface area contributed by atoms with E-state index in [1.807, 2.05) is 0 Å². The molecule has 2 unspecified atom stereocenters. The predicted molar refractivity (Wildman–Crippen MR) is 71.5 cm³/mol. The van der Waals surface area contributed by atoms with E-state index in [1.165, 1.54) is 12.1 Å². The quantitative estimate of drug-likeness (QED) is 0.863. The zero-order valence-corrected chi connectivity index (χ0v) is 10.9. The van der Waals surface area contributed by atoms with Gasteiger partial charge in [-0.15, -0.1) is 0 Å². The van der Waals surface area contributed by atoms with E-state index in [4.69, 9.17) is 4.74 Å². The Morgan fingerprint density at radius 3 is 2.79 bits per heavy atom. The van der Waals surface area contributed by atoms with E-state index in [0.29, 0.717) is 12.5 Å². The third-order valence-corrected chi connectivity index (χ3v) is 4.48. The molecule has 3 atom stereocenters. The molecule has 0 aromatic heterocycles. The summed E-state index contributed by atoms with van der Waals surface area (Å²) in [5.74, 6) is 0.0692. The van der Waals surface area contributed by atoms with Gasteiger partial charge in [0.25, 0.3) is 0 Å². The molecule has 0 bridgehead atoms. The van der Waals surface area contributed by atoms with Gasteiger partial charge in [0, 0.05) is 12.3 Å². The Morgan fingerprint density at radius 2 is 2.00 bits per heavy atom. The molecule has 1 aromatic carbocycles. The Kier molecular flexibility index (Phi) is 3.46. The SMILES string of the molecule is O[C@]12COCCC1CCCC2Nc1ccc(F)cc1. The van der Waals surface area contributed by atoms with Crippen molar-refractivity contribution in [1.29, 1.82) is 0 Å². The number of fused-ring (bicyclic) bond motifs is 1. The van der Waals surface area contributed by atoms with Crippen LogP contribution in [0.2, 0.25) is 0 Å². The summed E-state index contributed by atoms with van der Waals surface area (Å²) in [4.78, 5) is 0. The van der Waals surface area contributed by atoms with Crippen LogP contribution < -0.4 is 5.32 Å². The number of benzene rings is 1. The first-order chi connectivity index (χ1) is 9.18. The van der Waals surface area contributed by atoms with E-state index < -0.39 is 5.60 Å². The average molecular weight is 265 g/mol. The maximum atomic E-state index is 12.9. The van der Waals surface area contributed by atoms with Crippen molar-refractivity contribution in [2.75, 3.05) is 18.5 Å². The van der Waals surface area contributed by atoms with Crippen LogP contribution in [0, 0.1) is 11.7 Å². The zero-order valence-electron chi connectivity index (χ0n) is 10.9. The van der Waals surface area contributed by atoms with Crippen LogP contribution in [0.3, 0.4) is 0 Å². The average Bonchev–Trinajstić information content (AvgIpc) is 2.42. The summed E-state index contributed by atoms with van der Waals surface area (Å²) >= 11 is 0. The van der Waals surface area contributed by atoms with Crippen molar-refractivity contribution in [3.8, 4) is 0 Å². The molecule has 3 nitrogen and oxygen atoms in total. The van der Waals surface area contributed by atoms with E-state index in [9.17, 15) is 9.50 Å². The maximum absolute atomic E-state index is 12.9. The number of anilines is 1. The Labute approximate surface area is 112 Å². The van der Waals surface area contributed by atoms with Gasteiger partial charge in [0.2, 0.25) is 0 Å². The van der Waals surface area contributed by atoms with Crippen molar-refractivity contribution in [2.24, 2.45) is 5.92 Å². The van der Waals surface area contributed by atoms with E-state index in [-0.39, 0.29) is 11.9 Å². The molecule has 2 fully saturated rings. The maximum Gasteiger partial charge on any atom is 0.123 e. The molecular formula is C15H20FNO2. The van der Waals surface area contributed by atoms with Gasteiger partial charge in [0.15, 0.2) is 0 Å². The minimum atomic E-state index is -0.787. The number of hydrogen-bond donors (Lipinski definition) is 2. The van der Waals surface area contributed by atoms with Gasteiger partial charge in [-0.25, -0.2) is 4.39 Å². The Balaban J connectivity index is 1.77. The van der Waals surface area contributed by atoms with Gasteiger partial charge < -0.3 is 15.2 Å². The minimum Gasteiger partial charge on any atom is -0.385 e. The fourth-order valence-corrected chi connectivity index (χ4v) is 3.37. The molecule has 19 heavy (non-hydrogen) atoms. The van der Waals surface area contributed by atoms with Gasteiger partial charge in [0.1, 0.15) is 11.4 Å². The van der Waals surface area contributed by atoms with Crippen molar-refractivity contribution in [3.63, 3.8) is 0 Å². The molecule has 1 saturated carbocycles. The topological polar surface area (TPSA) is 41.5 Å². The van der Waals surface area contributed by atoms with Gasteiger partial charge >= 0.3 is 0 Å². The van der Waals surface area contributed by atoms with Gasteiger partial charge in [-0.05, 0) is 49.4 Å². The lowest BCUT2D eigenvalue weighted by molar-refractivity contribution is -0.148. The third kappa shape index (κ3) is 2.47. The Morgan fingerprint density at radius 1 is 1.21 bits per heavy atom. The summed E-state index contributed by atoms with van der Waals surface area (Å²) in [5.41, 5.74) is 0.0660. The van der Waals surface area contributed by atoms with E-state index in [1.54, 1.807) is 12.1 Å². The second kappa shape index (κ2) is 5.10. The van der Waals surface area contributed by atoms with E-state index in [0.717, 1.165) is 38.0 Å². The molecule has 3 rings (SSSR count). The zero-order chi connectivity index (χ0) is 13.3. The second-order valence-electron chi connectivity index (χ2n) is 5.66. The molecule has 0 spiro atoms. The molecule has 1 aliphatic heterocycles. The lowest BCUT2D eigenvalue weighted by atomic mass is 9.70. The third-order valence-electron chi connectivity index (χ3n) is 4.48. The lowest BCUT2D eigenvalue weighted by Crippen LogP contribution is -2.60. The number of aliphatic hydroxyl groups is 1. The summed E-state index contributed by atoms with van der Waals surface area (Å²) in [6.45, 7) is 1.15. The van der Waals surface area contributed by atoms with E-state index in [2.05, 4.69) is 5.32 Å². The molecule has 1 saturated heterocycles. The summed E-state index contributed by atoms with van der Waals surface area (Å²) in [6, 6.07) is 6.28. The summed E-state index contributed by atoms with van der Waals surface area (Å²) in [7, 11) is 0. The second-order valence-corrected chi connectivity index (χ2v) is 5.66. The smallest absolute Gasteiger partial charge is 0.123 e. The van der Waals surface area contributed by atoms with Crippen molar-refractivity contribution in [3.05, 3.63) is 30.1 Å². The first-order valence-corrected chi connectivity index (χ1v) is 7.01. The van der Waals surface area contributed by atoms with Crippen LogP contribution in [-0.2, 0) is 4.74 Å². The molecule has 4 heteroatoms. The minimum absolute atomic E-state index is 0.0167. The number of nitrogens with one attached hydrogen (secondary N) is 1. The molecular weight excluding hydrogens is 245 g/mol. The van der Waals surface area contributed by atoms with Crippen molar-refractivity contribution >= 4 is 5.69 Å². The van der Waals surface area contributed by atoms with Crippen molar-refractivity contribution in [2.45, 2.75) is 37.3 Å². The van der Waals surface area contributed by atoms with Crippen molar-refractivity contribution < 1.29 is 14.2 Å². The fourth-order valence-electron chi connectivity index (χ4n) is 3.37. The summed E-state index contributed by atoms with van der Waals surface area (Å²) in [5, 5.41) is 14.3. The van der Waals surface area contributed by atoms with Gasteiger partial charge in [-0.3, -0.25) is 0 Å². The number of ether oxygens (including phenoxy) is 1. The molecule has 104 valence electrons. The summed E-state index contributed by atoms with van der Waals surface area (Å²) < 4.78 is 18.4. The normalized spacial score (nSPS) is 34.6. The van der Waals surface area contributed by atoms with Crippen LogP contribution in [0.5, 0.6) is 0 Å². The van der Waals surface area contributed by atoms with Crippen molar-refractivity contribution in [1.82, 2.24) is 0 Å². The van der Waals surface area contributed by atoms with Crippen LogP contribution in [0.15, 0.2) is 24.3 Å². The Bertz CT molecular complexity index is 434. The van der Waals surface area contributed by atoms with Crippen LogP contribution in [-0.4, -0.2) is 30.0 Å². The van der Waals surface area contributed by atoms with Crippen LogP contribution in [0.4, 0.5) is 10.1 Å². The van der Waals surface area contributed by atoms with Crippen LogP contribution in [0.25, 0.3) is 0 Å². The molecule has 1 aliphatic carbocycles. The highest BCUT2D eigenvalue weighted by Gasteiger charge is 2.48. The highest BCUT2D eigenvalue weighted by molar-refractivity contribution is 5.44. The number of rotatable bonds is 2. The largest absolute Gasteiger partial charge is 0.385 e. The van der Waals surface area contributed by atoms with Crippen LogP contribution in [0.1, 0.15) is 25.7 Å². The molecule has 1 heterocycles. The Hall–Kier alpha value is -1.13. The summed E-state index contributed by atoms with van der Waals surface area (Å²) in [6.07, 6.45) is 4.04. The van der Waals surface area contributed by atoms with E-state index >= 15 is 0 Å². The number of halogens is 1. The molecule has 0 radical (unpaired) electrons. The molecule has 1 aromatic rings. The lowest BCUT2D eigenvalue weighted by Gasteiger charge is -2.48. The highest BCUT2D eigenvalue weighted by atomic mass is 19.1. The van der Waals surface area contributed by atoms with Crippen LogP contribution >= 0.6 is 0 Å². The predicted octanol–water partition coefficient (Wildman–Crippen LogP) is 2.56. The molecule has 2 N–H and O–H groups in total. The number of hydrogen-bond acceptors (Lipinski definition) is 3. The standard InChI is InChI=1S/C15H20FNO2/c16-12-4-6-13(7-5-12)17-14-3-1-2-11-8-9-19-10-15(11,14)18/h4-7,11,14,17-18H,1-3,8-10H2/t11?,14?,15-/m1/s1. The van der Waals surface area contributed by atoms with Gasteiger partial charge in [-0.2, -0.15) is 0 Å². The first kappa shape index (κ1) is 12.9.